The number of fused-ring (bicyclic) bond motifs is 1. The monoisotopic (exact) mass is 504 g/mol. The SMILES string of the molecule is Nc1c2c(cc(=O)n1-c1ccc(-c3nc(N4CCOCC4)nc(N4CCOCC4)n3)cc1)C(=O)NC2=O. The molecule has 0 saturated carbocycles. The molecule has 0 bridgehead atoms. The Balaban J connectivity index is 1.38. The Hall–Kier alpha value is -4.36. The summed E-state index contributed by atoms with van der Waals surface area (Å²) < 4.78 is 12.2. The van der Waals surface area contributed by atoms with Crippen LogP contribution in [0.2, 0.25) is 0 Å². The van der Waals surface area contributed by atoms with Crippen LogP contribution in [0.3, 0.4) is 0 Å². The Labute approximate surface area is 210 Å². The molecule has 190 valence electrons. The number of nitrogens with one attached hydrogen (secondary N) is 1. The van der Waals surface area contributed by atoms with Crippen LogP contribution in [0.5, 0.6) is 0 Å². The van der Waals surface area contributed by atoms with E-state index < -0.39 is 17.4 Å². The van der Waals surface area contributed by atoms with E-state index >= 15 is 0 Å². The maximum absolute atomic E-state index is 12.8. The number of carbonyl (C=O) groups is 2. The average molecular weight is 505 g/mol. The topological polar surface area (TPSA) is 158 Å². The molecule has 2 aromatic heterocycles. The number of hydrogen-bond acceptors (Lipinski definition) is 11. The highest BCUT2D eigenvalue weighted by molar-refractivity contribution is 6.23. The minimum atomic E-state index is -0.631. The summed E-state index contributed by atoms with van der Waals surface area (Å²) in [6.45, 7) is 5.13. The van der Waals surface area contributed by atoms with Gasteiger partial charge in [-0.15, -0.1) is 0 Å². The van der Waals surface area contributed by atoms with Crippen molar-refractivity contribution in [3.63, 3.8) is 0 Å². The number of amides is 2. The minimum Gasteiger partial charge on any atom is -0.384 e. The number of nitrogens with zero attached hydrogens (tertiary/aromatic N) is 6. The highest BCUT2D eigenvalue weighted by Gasteiger charge is 2.32. The fraction of sp³-hybridized carbons (Fsp3) is 0.333. The molecule has 3 N–H and O–H groups in total. The van der Waals surface area contributed by atoms with Crippen molar-refractivity contribution < 1.29 is 19.1 Å². The second-order valence-corrected chi connectivity index (χ2v) is 8.78. The lowest BCUT2D eigenvalue weighted by atomic mass is 10.1. The summed E-state index contributed by atoms with van der Waals surface area (Å²) in [4.78, 5) is 55.2. The van der Waals surface area contributed by atoms with Crippen molar-refractivity contribution in [2.75, 3.05) is 68.1 Å². The molecule has 3 aliphatic heterocycles. The maximum atomic E-state index is 12.8. The second-order valence-electron chi connectivity index (χ2n) is 8.78. The predicted octanol–water partition coefficient (Wildman–Crippen LogP) is -0.171. The Morgan fingerprint density at radius 1 is 0.784 bits per heavy atom. The molecule has 3 aliphatic rings. The third-order valence-electron chi connectivity index (χ3n) is 6.54. The number of benzene rings is 1. The number of imide groups is 1. The zero-order chi connectivity index (χ0) is 25.5. The predicted molar refractivity (Wildman–Crippen MR) is 133 cm³/mol. The van der Waals surface area contributed by atoms with Gasteiger partial charge in [-0.3, -0.25) is 24.3 Å². The molecule has 0 spiro atoms. The van der Waals surface area contributed by atoms with E-state index in [-0.39, 0.29) is 16.9 Å². The molecule has 0 aliphatic carbocycles. The summed E-state index contributed by atoms with van der Waals surface area (Å²) in [5.41, 5.74) is 6.78. The van der Waals surface area contributed by atoms with Crippen LogP contribution in [-0.4, -0.2) is 83.9 Å². The van der Waals surface area contributed by atoms with E-state index in [9.17, 15) is 14.4 Å². The van der Waals surface area contributed by atoms with Crippen LogP contribution < -0.4 is 26.4 Å². The number of aromatic nitrogens is 4. The molecule has 2 saturated heterocycles. The van der Waals surface area contributed by atoms with E-state index in [1.807, 2.05) is 0 Å². The van der Waals surface area contributed by atoms with Gasteiger partial charge < -0.3 is 25.0 Å². The number of rotatable bonds is 4. The van der Waals surface area contributed by atoms with Gasteiger partial charge in [0.2, 0.25) is 11.9 Å². The first-order valence-corrected chi connectivity index (χ1v) is 11.9. The maximum Gasteiger partial charge on any atom is 0.262 e. The van der Waals surface area contributed by atoms with Gasteiger partial charge in [0.1, 0.15) is 5.82 Å². The number of carbonyl (C=O) groups excluding carboxylic acids is 2. The molecule has 2 fully saturated rings. The van der Waals surface area contributed by atoms with Crippen molar-refractivity contribution in [1.82, 2.24) is 24.8 Å². The molecule has 3 aromatic rings. The number of hydrogen-bond donors (Lipinski definition) is 2. The molecule has 13 heteroatoms. The van der Waals surface area contributed by atoms with Crippen molar-refractivity contribution in [2.24, 2.45) is 0 Å². The summed E-state index contributed by atoms with van der Waals surface area (Å²) in [5.74, 6) is 0.293. The first kappa shape index (κ1) is 23.1. The van der Waals surface area contributed by atoms with Gasteiger partial charge in [0.05, 0.1) is 43.2 Å². The van der Waals surface area contributed by atoms with Gasteiger partial charge in [-0.25, -0.2) is 0 Å². The largest absolute Gasteiger partial charge is 0.384 e. The first-order chi connectivity index (χ1) is 18.0. The van der Waals surface area contributed by atoms with Crippen molar-refractivity contribution in [2.45, 2.75) is 0 Å². The molecular weight excluding hydrogens is 480 g/mol. The van der Waals surface area contributed by atoms with Crippen LogP contribution in [0.15, 0.2) is 35.1 Å². The summed E-state index contributed by atoms with van der Waals surface area (Å²) in [7, 11) is 0. The molecule has 13 nitrogen and oxygen atoms in total. The van der Waals surface area contributed by atoms with Gasteiger partial charge in [0, 0.05) is 37.8 Å². The molecule has 1 aromatic carbocycles. The first-order valence-electron chi connectivity index (χ1n) is 11.9. The van der Waals surface area contributed by atoms with Crippen molar-refractivity contribution >= 4 is 29.5 Å². The van der Waals surface area contributed by atoms with Crippen molar-refractivity contribution in [3.05, 3.63) is 51.8 Å². The fourth-order valence-corrected chi connectivity index (χ4v) is 4.60. The van der Waals surface area contributed by atoms with Crippen LogP contribution in [-0.2, 0) is 9.47 Å². The molecule has 6 rings (SSSR count). The minimum absolute atomic E-state index is 0.00329. The standard InChI is InChI=1S/C24H24N8O5/c25-19-18-16(21(34)28-22(18)35)13-17(33)32(19)15-3-1-14(2-4-15)20-26-23(30-5-9-36-10-6-30)29-24(27-20)31-7-11-37-12-8-31/h1-4,13H,5-12,25H2,(H,28,34,35). The Morgan fingerprint density at radius 3 is 1.92 bits per heavy atom. The van der Waals surface area contributed by atoms with Crippen LogP contribution in [0, 0.1) is 0 Å². The van der Waals surface area contributed by atoms with E-state index in [1.54, 1.807) is 24.3 Å². The Morgan fingerprint density at radius 2 is 1.35 bits per heavy atom. The zero-order valence-corrected chi connectivity index (χ0v) is 19.8. The molecule has 0 atom stereocenters. The third kappa shape index (κ3) is 4.17. The number of nitrogen functional groups attached to an aromatic ring is 1. The summed E-state index contributed by atoms with van der Waals surface area (Å²) in [6.07, 6.45) is 0. The Kier molecular flexibility index (Phi) is 5.77. The lowest BCUT2D eigenvalue weighted by Gasteiger charge is -2.30. The number of pyridine rings is 1. The third-order valence-corrected chi connectivity index (χ3v) is 6.54. The Bertz CT molecular complexity index is 1410. The van der Waals surface area contributed by atoms with Gasteiger partial charge >= 0.3 is 0 Å². The van der Waals surface area contributed by atoms with Gasteiger partial charge in [-0.05, 0) is 24.3 Å². The highest BCUT2D eigenvalue weighted by atomic mass is 16.5. The molecule has 0 radical (unpaired) electrons. The number of nitrogens with two attached hydrogens (primary N) is 1. The molecule has 0 unspecified atom stereocenters. The van der Waals surface area contributed by atoms with E-state index in [2.05, 4.69) is 15.1 Å². The van der Waals surface area contributed by atoms with Gasteiger partial charge in [0.15, 0.2) is 5.82 Å². The summed E-state index contributed by atoms with van der Waals surface area (Å²) >= 11 is 0. The van der Waals surface area contributed by atoms with Crippen molar-refractivity contribution in [3.8, 4) is 17.1 Å². The van der Waals surface area contributed by atoms with Gasteiger partial charge in [-0.1, -0.05) is 0 Å². The smallest absolute Gasteiger partial charge is 0.262 e. The lowest BCUT2D eigenvalue weighted by Crippen LogP contribution is -2.40. The van der Waals surface area contributed by atoms with Crippen molar-refractivity contribution in [1.29, 1.82) is 0 Å². The summed E-state index contributed by atoms with van der Waals surface area (Å²) in [5, 5.41) is 2.17. The van der Waals surface area contributed by atoms with Crippen LogP contribution in [0.1, 0.15) is 20.7 Å². The quantitative estimate of drug-likeness (QED) is 0.454. The fourth-order valence-electron chi connectivity index (χ4n) is 4.60. The lowest BCUT2D eigenvalue weighted by molar-refractivity contribution is 0.0880. The average Bonchev–Trinajstić information content (AvgIpc) is 3.22. The van der Waals surface area contributed by atoms with E-state index in [0.717, 1.165) is 11.6 Å². The van der Waals surface area contributed by atoms with Crippen LogP contribution in [0.25, 0.3) is 17.1 Å². The normalized spacial score (nSPS) is 17.6. The molecular formula is C24H24N8O5. The van der Waals surface area contributed by atoms with E-state index in [4.69, 9.17) is 30.2 Å². The van der Waals surface area contributed by atoms with Gasteiger partial charge in [-0.2, -0.15) is 15.0 Å². The van der Waals surface area contributed by atoms with E-state index in [1.165, 1.54) is 4.57 Å². The number of ether oxygens (including phenoxy) is 2. The van der Waals surface area contributed by atoms with E-state index in [0.29, 0.717) is 76.0 Å². The van der Waals surface area contributed by atoms with Crippen LogP contribution in [0.4, 0.5) is 17.7 Å². The van der Waals surface area contributed by atoms with Gasteiger partial charge in [0.25, 0.3) is 17.4 Å². The molecule has 37 heavy (non-hydrogen) atoms. The number of morpholine rings is 2. The highest BCUT2D eigenvalue weighted by Crippen LogP contribution is 2.26. The molecule has 5 heterocycles. The number of anilines is 3. The second kappa shape index (κ2) is 9.26. The molecule has 2 amide bonds. The zero-order valence-electron chi connectivity index (χ0n) is 19.8. The summed E-state index contributed by atoms with van der Waals surface area (Å²) in [6, 6.07) is 8.07. The van der Waals surface area contributed by atoms with Crippen LogP contribution >= 0.6 is 0 Å².